The molecule has 2 N–H and O–H groups in total. The molecule has 0 aromatic carbocycles. The van der Waals surface area contributed by atoms with Crippen LogP contribution in [0.1, 0.15) is 33.6 Å². The first-order valence-electron chi connectivity index (χ1n) is 5.65. The monoisotopic (exact) mass is 217 g/mol. The molecule has 1 aliphatic heterocycles. The predicted octanol–water partition coefficient (Wildman–Crippen LogP) is 1.09. The summed E-state index contributed by atoms with van der Waals surface area (Å²) in [5, 5.41) is 12.3. The Kier molecular flexibility index (Phi) is 4.99. The molecule has 0 radical (unpaired) electrons. The van der Waals surface area contributed by atoms with E-state index in [0.717, 1.165) is 12.8 Å². The second kappa shape index (κ2) is 5.80. The highest BCUT2D eigenvalue weighted by Gasteiger charge is 2.28. The highest BCUT2D eigenvalue weighted by Crippen LogP contribution is 2.27. The summed E-state index contributed by atoms with van der Waals surface area (Å²) in [5.74, 6) is 0.536. The Morgan fingerprint density at radius 2 is 1.87 bits per heavy atom. The number of hydrogen-bond donors (Lipinski definition) is 2. The molecule has 90 valence electrons. The molecule has 1 aliphatic rings. The molecule has 0 saturated carbocycles. The van der Waals surface area contributed by atoms with Gasteiger partial charge in [-0.25, -0.2) is 0 Å². The Labute approximate surface area is 92.0 Å². The van der Waals surface area contributed by atoms with Gasteiger partial charge < -0.3 is 14.6 Å². The van der Waals surface area contributed by atoms with Crippen LogP contribution in [0.25, 0.3) is 0 Å². The fourth-order valence-electron chi connectivity index (χ4n) is 2.29. The van der Waals surface area contributed by atoms with Crippen molar-refractivity contribution in [1.29, 1.82) is 0 Å². The van der Waals surface area contributed by atoms with Crippen LogP contribution in [0.2, 0.25) is 0 Å². The Morgan fingerprint density at radius 1 is 1.33 bits per heavy atom. The fourth-order valence-corrected chi connectivity index (χ4v) is 2.29. The molecule has 1 fully saturated rings. The average Bonchev–Trinajstić information content (AvgIpc) is 2.16. The van der Waals surface area contributed by atoms with Gasteiger partial charge in [0, 0.05) is 13.2 Å². The predicted molar refractivity (Wildman–Crippen MR) is 58.3 cm³/mol. The van der Waals surface area contributed by atoms with Crippen LogP contribution in [0, 0.1) is 5.92 Å². The first-order valence-corrected chi connectivity index (χ1v) is 5.65. The zero-order chi connectivity index (χ0) is 11.4. The summed E-state index contributed by atoms with van der Waals surface area (Å²) in [6, 6.07) is 0.244. The second-order valence-electron chi connectivity index (χ2n) is 4.53. The Bertz CT molecular complexity index is 179. The first-order chi connectivity index (χ1) is 7.02. The van der Waals surface area contributed by atoms with E-state index in [1.165, 1.54) is 7.11 Å². The zero-order valence-corrected chi connectivity index (χ0v) is 10.1. The molecular formula is C11H23NO3. The van der Waals surface area contributed by atoms with Crippen molar-refractivity contribution in [3.8, 4) is 0 Å². The van der Waals surface area contributed by atoms with Gasteiger partial charge >= 0.3 is 0 Å². The van der Waals surface area contributed by atoms with E-state index in [4.69, 9.17) is 9.47 Å². The van der Waals surface area contributed by atoms with Crippen LogP contribution in [0.4, 0.5) is 0 Å². The van der Waals surface area contributed by atoms with Gasteiger partial charge in [0.2, 0.25) is 6.41 Å². The molecule has 0 spiro atoms. The van der Waals surface area contributed by atoms with Gasteiger partial charge in [0.25, 0.3) is 0 Å². The van der Waals surface area contributed by atoms with Crippen molar-refractivity contribution < 1.29 is 14.6 Å². The van der Waals surface area contributed by atoms with E-state index in [2.05, 4.69) is 26.1 Å². The molecule has 0 aromatic heterocycles. The topological polar surface area (TPSA) is 50.7 Å². The zero-order valence-electron chi connectivity index (χ0n) is 10.1. The van der Waals surface area contributed by atoms with Crippen LogP contribution in [0.15, 0.2) is 0 Å². The van der Waals surface area contributed by atoms with Crippen LogP contribution in [-0.4, -0.2) is 36.9 Å². The lowest BCUT2D eigenvalue weighted by atomic mass is 9.87. The average molecular weight is 217 g/mol. The molecule has 4 nitrogen and oxygen atoms in total. The highest BCUT2D eigenvalue weighted by molar-refractivity contribution is 4.80. The number of aliphatic hydroxyl groups is 1. The molecule has 4 heteroatoms. The molecule has 1 saturated heterocycles. The van der Waals surface area contributed by atoms with Gasteiger partial charge in [-0.05, 0) is 39.5 Å². The molecule has 0 aromatic rings. The number of aliphatic hydroxyl groups excluding tert-OH is 1. The van der Waals surface area contributed by atoms with Crippen molar-refractivity contribution >= 4 is 0 Å². The maximum absolute atomic E-state index is 9.33. The number of ether oxygens (including phenoxy) is 2. The SMILES string of the molecule is COC(O)NC(C)C1C[C@@H](C)O[C@@H](C)C1. The van der Waals surface area contributed by atoms with E-state index in [1.807, 2.05) is 0 Å². The van der Waals surface area contributed by atoms with E-state index >= 15 is 0 Å². The van der Waals surface area contributed by atoms with Gasteiger partial charge in [-0.1, -0.05) is 0 Å². The summed E-state index contributed by atoms with van der Waals surface area (Å²) >= 11 is 0. The number of nitrogens with one attached hydrogen (secondary N) is 1. The van der Waals surface area contributed by atoms with Gasteiger partial charge in [0.15, 0.2) is 0 Å². The molecule has 5 atom stereocenters. The van der Waals surface area contributed by atoms with E-state index in [-0.39, 0.29) is 6.04 Å². The minimum absolute atomic E-state index is 0.244. The molecular weight excluding hydrogens is 194 g/mol. The molecule has 0 amide bonds. The molecule has 3 unspecified atom stereocenters. The van der Waals surface area contributed by atoms with Crippen LogP contribution >= 0.6 is 0 Å². The highest BCUT2D eigenvalue weighted by atomic mass is 16.6. The second-order valence-corrected chi connectivity index (χ2v) is 4.53. The summed E-state index contributed by atoms with van der Waals surface area (Å²) in [7, 11) is 1.49. The maximum Gasteiger partial charge on any atom is 0.213 e. The fraction of sp³-hybridized carbons (Fsp3) is 1.00. The quantitative estimate of drug-likeness (QED) is 0.692. The van der Waals surface area contributed by atoms with Crippen LogP contribution in [0.3, 0.4) is 0 Å². The van der Waals surface area contributed by atoms with Crippen molar-refractivity contribution in [2.45, 2.75) is 58.3 Å². The van der Waals surface area contributed by atoms with Gasteiger partial charge in [-0.2, -0.15) is 0 Å². The third kappa shape index (κ3) is 4.07. The lowest BCUT2D eigenvalue weighted by Crippen LogP contribution is -2.45. The van der Waals surface area contributed by atoms with E-state index in [0.29, 0.717) is 18.1 Å². The van der Waals surface area contributed by atoms with Gasteiger partial charge in [-0.3, -0.25) is 5.32 Å². The number of hydrogen-bond acceptors (Lipinski definition) is 4. The van der Waals surface area contributed by atoms with Gasteiger partial charge in [0.1, 0.15) is 0 Å². The summed E-state index contributed by atoms with van der Waals surface area (Å²) < 4.78 is 10.5. The molecule has 15 heavy (non-hydrogen) atoms. The third-order valence-electron chi connectivity index (χ3n) is 3.07. The van der Waals surface area contributed by atoms with E-state index < -0.39 is 6.41 Å². The molecule has 1 rings (SSSR count). The lowest BCUT2D eigenvalue weighted by molar-refractivity contribution is -0.115. The normalized spacial score (nSPS) is 36.2. The number of rotatable bonds is 4. The summed E-state index contributed by atoms with van der Waals surface area (Å²) in [5.41, 5.74) is 0. The van der Waals surface area contributed by atoms with Crippen LogP contribution in [0.5, 0.6) is 0 Å². The van der Waals surface area contributed by atoms with E-state index in [9.17, 15) is 5.11 Å². The molecule has 0 bridgehead atoms. The Morgan fingerprint density at radius 3 is 2.33 bits per heavy atom. The molecule has 1 heterocycles. The third-order valence-corrected chi connectivity index (χ3v) is 3.07. The van der Waals surface area contributed by atoms with Crippen molar-refractivity contribution in [1.82, 2.24) is 5.32 Å². The van der Waals surface area contributed by atoms with Gasteiger partial charge in [0.05, 0.1) is 12.2 Å². The van der Waals surface area contributed by atoms with Gasteiger partial charge in [-0.15, -0.1) is 0 Å². The lowest BCUT2D eigenvalue weighted by Gasteiger charge is -2.36. The molecule has 0 aliphatic carbocycles. The summed E-state index contributed by atoms with van der Waals surface area (Å²) in [6.45, 7) is 6.28. The van der Waals surface area contributed by atoms with Crippen molar-refractivity contribution in [2.24, 2.45) is 5.92 Å². The van der Waals surface area contributed by atoms with Crippen molar-refractivity contribution in [3.05, 3.63) is 0 Å². The Hall–Kier alpha value is -0.160. The maximum atomic E-state index is 9.33. The van der Waals surface area contributed by atoms with E-state index in [1.54, 1.807) is 0 Å². The Balaban J connectivity index is 2.40. The van der Waals surface area contributed by atoms with Crippen LogP contribution < -0.4 is 5.32 Å². The summed E-state index contributed by atoms with van der Waals surface area (Å²) in [6.07, 6.45) is 1.82. The number of methoxy groups -OCH3 is 1. The minimum atomic E-state index is -0.867. The summed E-state index contributed by atoms with van der Waals surface area (Å²) in [4.78, 5) is 0. The minimum Gasteiger partial charge on any atom is -0.376 e. The van der Waals surface area contributed by atoms with Crippen LogP contribution in [-0.2, 0) is 9.47 Å². The van der Waals surface area contributed by atoms with Crippen molar-refractivity contribution in [3.63, 3.8) is 0 Å². The van der Waals surface area contributed by atoms with Crippen molar-refractivity contribution in [2.75, 3.05) is 7.11 Å². The standard InChI is InChI=1S/C11H23NO3/c1-7-5-10(6-8(2)15-7)9(3)12-11(13)14-4/h7-13H,5-6H2,1-4H3/t7-,8+,9?,10?,11?. The first kappa shape index (κ1) is 12.9. The largest absolute Gasteiger partial charge is 0.376 e. The smallest absolute Gasteiger partial charge is 0.213 e.